The van der Waals surface area contributed by atoms with Crippen molar-refractivity contribution in [2.75, 3.05) is 0 Å². The van der Waals surface area contributed by atoms with Gasteiger partial charge in [0.1, 0.15) is 6.10 Å². The van der Waals surface area contributed by atoms with Crippen molar-refractivity contribution in [3.63, 3.8) is 0 Å². The number of aliphatic hydroxyl groups excluding tert-OH is 1. The van der Waals surface area contributed by atoms with E-state index in [4.69, 9.17) is 9.84 Å². The van der Waals surface area contributed by atoms with Gasteiger partial charge in [-0.1, -0.05) is 51.8 Å². The van der Waals surface area contributed by atoms with E-state index in [1.54, 1.807) is 0 Å². The van der Waals surface area contributed by atoms with Gasteiger partial charge in [-0.3, -0.25) is 9.59 Å². The zero-order valence-electron chi connectivity index (χ0n) is 19.3. The standard InChI is InChI=1S/C25H40O5/c1-6-25(4,5)24(29)30-21-14-16(2)13-18-12-11-17(3)20(23(18)21)10-8-7-9-19(26)15-22(27)28/h11-13,16-17,19-21,23,26H,6-10,14-15H2,1-5H3,(H,27,28)/t16-,17-,19+,20-,21-,23?/m0/s1. The molecule has 2 N–H and O–H groups in total. The van der Waals surface area contributed by atoms with Crippen LogP contribution in [0.2, 0.25) is 0 Å². The van der Waals surface area contributed by atoms with Crippen molar-refractivity contribution in [2.45, 2.75) is 91.8 Å². The number of ether oxygens (including phenoxy) is 1. The van der Waals surface area contributed by atoms with Gasteiger partial charge in [0.25, 0.3) is 0 Å². The predicted molar refractivity (Wildman–Crippen MR) is 118 cm³/mol. The van der Waals surface area contributed by atoms with E-state index >= 15 is 0 Å². The minimum absolute atomic E-state index is 0.103. The van der Waals surface area contributed by atoms with Crippen LogP contribution in [0.1, 0.15) is 79.6 Å². The molecule has 5 nitrogen and oxygen atoms in total. The molecule has 6 atom stereocenters. The predicted octanol–water partition coefficient (Wildman–Crippen LogP) is 5.13. The first kappa shape index (κ1) is 24.6. The second-order valence-corrected chi connectivity index (χ2v) is 10.0. The number of carbonyl (C=O) groups is 2. The number of fused-ring (bicyclic) bond motifs is 1. The summed E-state index contributed by atoms with van der Waals surface area (Å²) in [5, 5.41) is 18.6. The maximum atomic E-state index is 12.8. The van der Waals surface area contributed by atoms with E-state index in [-0.39, 0.29) is 24.4 Å². The van der Waals surface area contributed by atoms with Crippen LogP contribution >= 0.6 is 0 Å². The van der Waals surface area contributed by atoms with Crippen LogP contribution in [0.5, 0.6) is 0 Å². The summed E-state index contributed by atoms with van der Waals surface area (Å²) in [6.45, 7) is 10.3. The number of carboxylic acids is 1. The van der Waals surface area contributed by atoms with E-state index in [0.29, 0.717) is 24.2 Å². The summed E-state index contributed by atoms with van der Waals surface area (Å²) in [4.78, 5) is 23.5. The number of rotatable bonds is 10. The summed E-state index contributed by atoms with van der Waals surface area (Å²) in [5.41, 5.74) is 0.811. The molecule has 30 heavy (non-hydrogen) atoms. The van der Waals surface area contributed by atoms with Gasteiger partial charge >= 0.3 is 11.9 Å². The average molecular weight is 421 g/mol. The molecule has 0 amide bonds. The Morgan fingerprint density at radius 3 is 2.60 bits per heavy atom. The van der Waals surface area contributed by atoms with Crippen molar-refractivity contribution in [3.05, 3.63) is 23.8 Å². The van der Waals surface area contributed by atoms with Gasteiger partial charge in [0.15, 0.2) is 0 Å². The Hall–Kier alpha value is -1.62. The van der Waals surface area contributed by atoms with Crippen LogP contribution in [0.15, 0.2) is 23.8 Å². The van der Waals surface area contributed by atoms with Crippen LogP contribution in [-0.4, -0.2) is 34.4 Å². The fourth-order valence-corrected chi connectivity index (χ4v) is 4.73. The van der Waals surface area contributed by atoms with E-state index in [0.717, 1.165) is 32.1 Å². The van der Waals surface area contributed by atoms with Gasteiger partial charge < -0.3 is 14.9 Å². The molecule has 0 radical (unpaired) electrons. The van der Waals surface area contributed by atoms with Crippen molar-refractivity contribution in [3.8, 4) is 0 Å². The Bertz CT molecular complexity index is 662. The van der Waals surface area contributed by atoms with E-state index in [1.165, 1.54) is 5.57 Å². The van der Waals surface area contributed by atoms with Crippen LogP contribution in [-0.2, 0) is 14.3 Å². The van der Waals surface area contributed by atoms with Gasteiger partial charge in [-0.25, -0.2) is 0 Å². The Kier molecular flexibility index (Phi) is 8.72. The first-order valence-electron chi connectivity index (χ1n) is 11.6. The lowest BCUT2D eigenvalue weighted by Crippen LogP contribution is -2.42. The largest absolute Gasteiger partial charge is 0.481 e. The lowest BCUT2D eigenvalue weighted by Gasteiger charge is -2.43. The quantitative estimate of drug-likeness (QED) is 0.378. The van der Waals surface area contributed by atoms with Gasteiger partial charge in [-0.2, -0.15) is 0 Å². The Labute approximate surface area is 181 Å². The molecule has 170 valence electrons. The Morgan fingerprint density at radius 2 is 1.97 bits per heavy atom. The first-order chi connectivity index (χ1) is 14.0. The highest BCUT2D eigenvalue weighted by Gasteiger charge is 2.42. The smallest absolute Gasteiger partial charge is 0.311 e. The van der Waals surface area contributed by atoms with Crippen LogP contribution in [0, 0.1) is 29.1 Å². The van der Waals surface area contributed by atoms with E-state index in [2.05, 4.69) is 32.1 Å². The number of aliphatic carboxylic acids is 1. The van der Waals surface area contributed by atoms with Crippen molar-refractivity contribution in [2.24, 2.45) is 29.1 Å². The van der Waals surface area contributed by atoms with Crippen LogP contribution in [0.3, 0.4) is 0 Å². The molecule has 0 fully saturated rings. The summed E-state index contributed by atoms with van der Waals surface area (Å²) >= 11 is 0. The highest BCUT2D eigenvalue weighted by atomic mass is 16.5. The highest BCUT2D eigenvalue weighted by Crippen LogP contribution is 2.45. The van der Waals surface area contributed by atoms with Crippen molar-refractivity contribution < 1.29 is 24.5 Å². The Balaban J connectivity index is 2.07. The van der Waals surface area contributed by atoms with Crippen LogP contribution in [0.4, 0.5) is 0 Å². The number of aliphatic hydroxyl groups is 1. The number of esters is 1. The Morgan fingerprint density at radius 1 is 1.27 bits per heavy atom. The molecule has 2 aliphatic carbocycles. The molecule has 0 bridgehead atoms. The van der Waals surface area contributed by atoms with Gasteiger partial charge in [0.2, 0.25) is 0 Å². The molecular formula is C25H40O5. The van der Waals surface area contributed by atoms with Crippen LogP contribution in [0.25, 0.3) is 0 Å². The molecule has 0 aromatic heterocycles. The maximum absolute atomic E-state index is 12.8. The molecular weight excluding hydrogens is 380 g/mol. The minimum atomic E-state index is -0.959. The number of carboxylic acid groups (broad SMARTS) is 1. The zero-order valence-corrected chi connectivity index (χ0v) is 19.3. The second kappa shape index (κ2) is 10.6. The summed E-state index contributed by atoms with van der Waals surface area (Å²) in [5.74, 6) is 0.295. The van der Waals surface area contributed by atoms with Crippen molar-refractivity contribution in [1.82, 2.24) is 0 Å². The van der Waals surface area contributed by atoms with Gasteiger partial charge in [-0.15, -0.1) is 0 Å². The molecule has 0 saturated heterocycles. The average Bonchev–Trinajstić information content (AvgIpc) is 2.65. The van der Waals surface area contributed by atoms with Crippen LogP contribution < -0.4 is 0 Å². The summed E-state index contributed by atoms with van der Waals surface area (Å²) in [6.07, 6.45) is 10.6. The summed E-state index contributed by atoms with van der Waals surface area (Å²) in [6, 6.07) is 0. The lowest BCUT2D eigenvalue weighted by atomic mass is 9.65. The fourth-order valence-electron chi connectivity index (χ4n) is 4.73. The molecule has 0 heterocycles. The van der Waals surface area contributed by atoms with E-state index in [9.17, 15) is 14.7 Å². The van der Waals surface area contributed by atoms with Crippen molar-refractivity contribution >= 4 is 11.9 Å². The first-order valence-corrected chi connectivity index (χ1v) is 11.6. The topological polar surface area (TPSA) is 83.8 Å². The fraction of sp³-hybridized carbons (Fsp3) is 0.760. The third-order valence-electron chi connectivity index (χ3n) is 7.03. The molecule has 2 rings (SSSR count). The molecule has 1 unspecified atom stereocenters. The minimum Gasteiger partial charge on any atom is -0.481 e. The SMILES string of the molecule is CCC(C)(C)C(=O)O[C@H]1C[C@@H](C)C=C2C=C[C@H](C)[C@H](CCCC[C@@H](O)CC(=O)O)C21. The number of unbranched alkanes of at least 4 members (excludes halogenated alkanes) is 1. The zero-order chi connectivity index (χ0) is 22.5. The molecule has 5 heteroatoms. The molecule has 0 aromatic carbocycles. The number of hydrogen-bond donors (Lipinski definition) is 2. The molecule has 0 aliphatic heterocycles. The molecule has 0 aromatic rings. The third-order valence-corrected chi connectivity index (χ3v) is 7.03. The van der Waals surface area contributed by atoms with E-state index < -0.39 is 17.5 Å². The number of carbonyl (C=O) groups excluding carboxylic acids is 1. The highest BCUT2D eigenvalue weighted by molar-refractivity contribution is 5.76. The summed E-state index contributed by atoms with van der Waals surface area (Å²) < 4.78 is 6.13. The second-order valence-electron chi connectivity index (χ2n) is 10.0. The van der Waals surface area contributed by atoms with Gasteiger partial charge in [-0.05, 0) is 62.9 Å². The summed E-state index contributed by atoms with van der Waals surface area (Å²) in [7, 11) is 0. The van der Waals surface area contributed by atoms with Gasteiger partial charge in [0.05, 0.1) is 17.9 Å². The lowest BCUT2D eigenvalue weighted by molar-refractivity contribution is -0.164. The third kappa shape index (κ3) is 6.44. The van der Waals surface area contributed by atoms with Crippen molar-refractivity contribution in [1.29, 1.82) is 0 Å². The van der Waals surface area contributed by atoms with E-state index in [1.807, 2.05) is 20.8 Å². The number of hydrogen-bond acceptors (Lipinski definition) is 4. The molecule has 2 aliphatic rings. The molecule has 0 saturated carbocycles. The number of allylic oxidation sites excluding steroid dienone is 3. The normalized spacial score (nSPS) is 29.7. The monoisotopic (exact) mass is 420 g/mol. The van der Waals surface area contributed by atoms with Gasteiger partial charge in [0, 0.05) is 5.92 Å². The molecule has 0 spiro atoms. The maximum Gasteiger partial charge on any atom is 0.311 e.